The number of aryl methyl sites for hydroxylation is 4. The SMILES string of the molecule is CCC(CC)Nc1nc(C)nc(Nc2c(C)cc(C)cc2C)c1N. The van der Waals surface area contributed by atoms with Crippen LogP contribution in [0.5, 0.6) is 0 Å². The van der Waals surface area contributed by atoms with E-state index >= 15 is 0 Å². The molecular weight excluding hydrogens is 298 g/mol. The summed E-state index contributed by atoms with van der Waals surface area (Å²) in [5.74, 6) is 2.06. The summed E-state index contributed by atoms with van der Waals surface area (Å²) < 4.78 is 0. The molecule has 4 N–H and O–H groups in total. The molecule has 5 heteroatoms. The predicted molar refractivity (Wildman–Crippen MR) is 103 cm³/mol. The van der Waals surface area contributed by atoms with Crippen molar-refractivity contribution < 1.29 is 0 Å². The van der Waals surface area contributed by atoms with Crippen LogP contribution in [0, 0.1) is 27.7 Å². The topological polar surface area (TPSA) is 75.9 Å². The average Bonchev–Trinajstić information content (AvgIpc) is 2.52. The van der Waals surface area contributed by atoms with E-state index in [-0.39, 0.29) is 0 Å². The van der Waals surface area contributed by atoms with Gasteiger partial charge in [0.15, 0.2) is 11.6 Å². The van der Waals surface area contributed by atoms with E-state index in [1.165, 1.54) is 16.7 Å². The third kappa shape index (κ3) is 3.96. The second kappa shape index (κ2) is 7.51. The molecule has 0 unspecified atom stereocenters. The van der Waals surface area contributed by atoms with Crippen LogP contribution in [0.4, 0.5) is 23.0 Å². The summed E-state index contributed by atoms with van der Waals surface area (Å²) in [6, 6.07) is 4.67. The Labute approximate surface area is 145 Å². The highest BCUT2D eigenvalue weighted by molar-refractivity contribution is 5.79. The smallest absolute Gasteiger partial charge is 0.159 e. The fraction of sp³-hybridized carbons (Fsp3) is 0.474. The quantitative estimate of drug-likeness (QED) is 0.721. The van der Waals surface area contributed by atoms with Gasteiger partial charge >= 0.3 is 0 Å². The summed E-state index contributed by atoms with van der Waals surface area (Å²) in [6.07, 6.45) is 2.05. The number of aromatic nitrogens is 2. The molecule has 1 aromatic heterocycles. The maximum Gasteiger partial charge on any atom is 0.159 e. The Bertz CT molecular complexity index is 697. The van der Waals surface area contributed by atoms with Crippen LogP contribution in [0.25, 0.3) is 0 Å². The largest absolute Gasteiger partial charge is 0.393 e. The lowest BCUT2D eigenvalue weighted by Gasteiger charge is -2.20. The molecule has 24 heavy (non-hydrogen) atoms. The molecule has 0 fully saturated rings. The number of nitrogen functional groups attached to an aromatic ring is 1. The van der Waals surface area contributed by atoms with E-state index in [1.807, 2.05) is 6.92 Å². The zero-order chi connectivity index (χ0) is 17.9. The molecule has 2 aromatic rings. The first kappa shape index (κ1) is 18.0. The maximum absolute atomic E-state index is 6.34. The van der Waals surface area contributed by atoms with Gasteiger partial charge in [0.25, 0.3) is 0 Å². The van der Waals surface area contributed by atoms with Gasteiger partial charge in [-0.2, -0.15) is 0 Å². The molecular formula is C19H29N5. The van der Waals surface area contributed by atoms with Crippen molar-refractivity contribution in [3.8, 4) is 0 Å². The highest BCUT2D eigenvalue weighted by atomic mass is 15.1. The lowest BCUT2D eigenvalue weighted by atomic mass is 10.1. The molecule has 130 valence electrons. The summed E-state index contributed by atoms with van der Waals surface area (Å²) in [7, 11) is 0. The Balaban J connectivity index is 2.39. The van der Waals surface area contributed by atoms with Crippen LogP contribution >= 0.6 is 0 Å². The lowest BCUT2D eigenvalue weighted by Crippen LogP contribution is -2.20. The molecule has 5 nitrogen and oxygen atoms in total. The van der Waals surface area contributed by atoms with Crippen LogP contribution in [-0.2, 0) is 0 Å². The van der Waals surface area contributed by atoms with Crippen LogP contribution in [-0.4, -0.2) is 16.0 Å². The number of hydrogen-bond donors (Lipinski definition) is 3. The molecule has 1 heterocycles. The fourth-order valence-electron chi connectivity index (χ4n) is 2.97. The fourth-order valence-corrected chi connectivity index (χ4v) is 2.97. The number of nitrogens with two attached hydrogens (primary N) is 1. The molecule has 0 amide bonds. The van der Waals surface area contributed by atoms with Gasteiger partial charge in [-0.15, -0.1) is 0 Å². The summed E-state index contributed by atoms with van der Waals surface area (Å²) in [6.45, 7) is 12.5. The number of benzene rings is 1. The maximum atomic E-state index is 6.34. The normalized spacial score (nSPS) is 11.0. The second-order valence-corrected chi connectivity index (χ2v) is 6.44. The van der Waals surface area contributed by atoms with Crippen molar-refractivity contribution in [1.29, 1.82) is 0 Å². The molecule has 0 spiro atoms. The van der Waals surface area contributed by atoms with Gasteiger partial charge in [0.2, 0.25) is 0 Å². The summed E-state index contributed by atoms with van der Waals surface area (Å²) in [5, 5.41) is 6.85. The molecule has 0 aliphatic heterocycles. The Morgan fingerprint density at radius 1 is 0.958 bits per heavy atom. The zero-order valence-electron chi connectivity index (χ0n) is 15.6. The van der Waals surface area contributed by atoms with Crippen LogP contribution in [0.2, 0.25) is 0 Å². The molecule has 0 aliphatic carbocycles. The summed E-state index contributed by atoms with van der Waals surface area (Å²) in [5.41, 5.74) is 11.6. The van der Waals surface area contributed by atoms with Crippen molar-refractivity contribution in [2.75, 3.05) is 16.4 Å². The van der Waals surface area contributed by atoms with Crippen molar-refractivity contribution in [2.24, 2.45) is 0 Å². The first-order valence-electron chi connectivity index (χ1n) is 8.61. The van der Waals surface area contributed by atoms with Crippen molar-refractivity contribution in [1.82, 2.24) is 9.97 Å². The third-order valence-electron chi connectivity index (χ3n) is 4.30. The summed E-state index contributed by atoms with van der Waals surface area (Å²) >= 11 is 0. The molecule has 0 bridgehead atoms. The van der Waals surface area contributed by atoms with Gasteiger partial charge in [-0.3, -0.25) is 0 Å². The zero-order valence-corrected chi connectivity index (χ0v) is 15.6. The highest BCUT2D eigenvalue weighted by Crippen LogP contribution is 2.31. The number of nitrogens with one attached hydrogen (secondary N) is 2. The highest BCUT2D eigenvalue weighted by Gasteiger charge is 2.14. The molecule has 2 rings (SSSR count). The van der Waals surface area contributed by atoms with Gasteiger partial charge in [0.1, 0.15) is 11.5 Å². The van der Waals surface area contributed by atoms with Gasteiger partial charge in [0.05, 0.1) is 0 Å². The first-order valence-corrected chi connectivity index (χ1v) is 8.61. The standard InChI is InChI=1S/C19H29N5/c1-7-15(8-2)23-18-16(20)19(22-14(6)21-18)24-17-12(4)9-11(3)10-13(17)5/h9-10,15H,7-8,20H2,1-6H3,(H2,21,22,23,24). The Hall–Kier alpha value is -2.30. The minimum absolute atomic E-state index is 0.359. The molecule has 0 saturated heterocycles. The molecule has 0 radical (unpaired) electrons. The van der Waals surface area contributed by atoms with Crippen LogP contribution in [0.3, 0.4) is 0 Å². The third-order valence-corrected chi connectivity index (χ3v) is 4.30. The van der Waals surface area contributed by atoms with Crippen LogP contribution < -0.4 is 16.4 Å². The number of nitrogens with zero attached hydrogens (tertiary/aromatic N) is 2. The van der Waals surface area contributed by atoms with Gasteiger partial charge in [-0.25, -0.2) is 9.97 Å². The monoisotopic (exact) mass is 327 g/mol. The molecule has 1 aromatic carbocycles. The van der Waals surface area contributed by atoms with Crippen LogP contribution in [0.1, 0.15) is 49.2 Å². The van der Waals surface area contributed by atoms with E-state index in [2.05, 4.69) is 67.4 Å². The van der Waals surface area contributed by atoms with E-state index < -0.39 is 0 Å². The van der Waals surface area contributed by atoms with Crippen molar-refractivity contribution in [3.63, 3.8) is 0 Å². The van der Waals surface area contributed by atoms with E-state index in [1.54, 1.807) is 0 Å². The van der Waals surface area contributed by atoms with Crippen molar-refractivity contribution >= 4 is 23.0 Å². The van der Waals surface area contributed by atoms with Gasteiger partial charge in [0, 0.05) is 11.7 Å². The van der Waals surface area contributed by atoms with E-state index in [0.29, 0.717) is 29.2 Å². The van der Waals surface area contributed by atoms with Gasteiger partial charge in [-0.05, 0) is 51.7 Å². The van der Waals surface area contributed by atoms with Crippen LogP contribution in [0.15, 0.2) is 12.1 Å². The Morgan fingerprint density at radius 2 is 1.50 bits per heavy atom. The number of rotatable bonds is 6. The second-order valence-electron chi connectivity index (χ2n) is 6.44. The summed E-state index contributed by atoms with van der Waals surface area (Å²) in [4.78, 5) is 8.99. The lowest BCUT2D eigenvalue weighted by molar-refractivity contribution is 0.668. The van der Waals surface area contributed by atoms with Crippen molar-refractivity contribution in [3.05, 3.63) is 34.6 Å². The minimum atomic E-state index is 0.359. The van der Waals surface area contributed by atoms with Gasteiger partial charge in [-0.1, -0.05) is 31.5 Å². The van der Waals surface area contributed by atoms with Crippen molar-refractivity contribution in [2.45, 2.75) is 60.4 Å². The average molecular weight is 327 g/mol. The predicted octanol–water partition coefficient (Wildman–Crippen LogP) is 4.64. The first-order chi connectivity index (χ1) is 11.3. The van der Waals surface area contributed by atoms with E-state index in [9.17, 15) is 0 Å². The molecule has 0 saturated carbocycles. The molecule has 0 atom stereocenters. The minimum Gasteiger partial charge on any atom is -0.393 e. The van der Waals surface area contributed by atoms with Gasteiger partial charge < -0.3 is 16.4 Å². The number of anilines is 4. The Morgan fingerprint density at radius 3 is 2.04 bits per heavy atom. The number of hydrogen-bond acceptors (Lipinski definition) is 5. The van der Waals surface area contributed by atoms with E-state index in [4.69, 9.17) is 5.73 Å². The Kier molecular flexibility index (Phi) is 5.65. The van der Waals surface area contributed by atoms with E-state index in [0.717, 1.165) is 18.5 Å². The molecule has 0 aliphatic rings.